The smallest absolute Gasteiger partial charge is 0.319 e. The van der Waals surface area contributed by atoms with E-state index in [2.05, 4.69) is 17.6 Å². The number of anilines is 1. The second kappa shape index (κ2) is 6.94. The van der Waals surface area contributed by atoms with Crippen molar-refractivity contribution >= 4 is 33.3 Å². The lowest BCUT2D eigenvalue weighted by Gasteiger charge is -2.27. The SMILES string of the molecule is CC1CCC(NC(=O)Nc2ccc(Cl)c(S(N)(=O)=O)c2O)CC1. The van der Waals surface area contributed by atoms with Crippen molar-refractivity contribution in [3.63, 3.8) is 0 Å². The summed E-state index contributed by atoms with van der Waals surface area (Å²) in [7, 11) is -4.21. The van der Waals surface area contributed by atoms with Crippen LogP contribution in [0.5, 0.6) is 5.75 Å². The fraction of sp³-hybridized carbons (Fsp3) is 0.500. The average Bonchev–Trinajstić information content (AvgIpc) is 2.43. The molecule has 1 saturated carbocycles. The standard InChI is InChI=1S/C14H20ClN3O4S/c1-8-2-4-9(5-3-8)17-14(20)18-11-7-6-10(15)13(12(11)19)23(16,21)22/h6-9,19H,2-5H2,1H3,(H2,16,21,22)(H2,17,18,20). The van der Waals surface area contributed by atoms with Gasteiger partial charge < -0.3 is 15.7 Å². The second-order valence-electron chi connectivity index (χ2n) is 5.87. The monoisotopic (exact) mass is 361 g/mol. The van der Waals surface area contributed by atoms with Crippen LogP contribution in [0.3, 0.4) is 0 Å². The van der Waals surface area contributed by atoms with E-state index < -0.39 is 26.7 Å². The number of hydrogen-bond acceptors (Lipinski definition) is 4. The van der Waals surface area contributed by atoms with Crippen molar-refractivity contribution in [1.29, 1.82) is 0 Å². The summed E-state index contributed by atoms with van der Waals surface area (Å²) in [4.78, 5) is 11.4. The summed E-state index contributed by atoms with van der Waals surface area (Å²) < 4.78 is 22.9. The van der Waals surface area contributed by atoms with E-state index in [1.165, 1.54) is 12.1 Å². The van der Waals surface area contributed by atoms with Crippen LogP contribution in [0.1, 0.15) is 32.6 Å². The molecule has 23 heavy (non-hydrogen) atoms. The van der Waals surface area contributed by atoms with Gasteiger partial charge in [0.25, 0.3) is 0 Å². The Kier molecular flexibility index (Phi) is 5.38. The van der Waals surface area contributed by atoms with Crippen LogP contribution < -0.4 is 15.8 Å². The third-order valence-electron chi connectivity index (χ3n) is 3.97. The molecule has 1 aliphatic carbocycles. The number of carbonyl (C=O) groups is 1. The molecule has 0 radical (unpaired) electrons. The first kappa shape index (κ1) is 17.8. The molecule has 0 spiro atoms. The Balaban J connectivity index is 2.10. The minimum atomic E-state index is -4.21. The minimum absolute atomic E-state index is 0.0679. The fourth-order valence-corrected chi connectivity index (χ4v) is 3.86. The number of urea groups is 1. The van der Waals surface area contributed by atoms with E-state index in [9.17, 15) is 18.3 Å². The second-order valence-corrected chi connectivity index (χ2v) is 7.78. The molecule has 0 saturated heterocycles. The summed E-state index contributed by atoms with van der Waals surface area (Å²) in [5.74, 6) is -0.0128. The zero-order valence-corrected chi connectivity index (χ0v) is 14.2. The molecule has 1 aliphatic rings. The number of hydrogen-bond donors (Lipinski definition) is 4. The Hall–Kier alpha value is -1.51. The van der Waals surface area contributed by atoms with Crippen LogP contribution in [0.15, 0.2) is 17.0 Å². The number of rotatable bonds is 3. The summed E-state index contributed by atoms with van der Waals surface area (Å²) in [6.45, 7) is 2.18. The number of aromatic hydroxyl groups is 1. The van der Waals surface area contributed by atoms with E-state index in [-0.39, 0.29) is 16.8 Å². The van der Waals surface area contributed by atoms with Crippen molar-refractivity contribution in [3.05, 3.63) is 17.2 Å². The van der Waals surface area contributed by atoms with Gasteiger partial charge in [0.1, 0.15) is 4.90 Å². The zero-order valence-electron chi connectivity index (χ0n) is 12.7. The fourth-order valence-electron chi connectivity index (χ4n) is 2.67. The largest absolute Gasteiger partial charge is 0.504 e. The topological polar surface area (TPSA) is 122 Å². The van der Waals surface area contributed by atoms with E-state index in [4.69, 9.17) is 16.7 Å². The van der Waals surface area contributed by atoms with E-state index in [0.29, 0.717) is 5.92 Å². The summed E-state index contributed by atoms with van der Waals surface area (Å²) in [5.41, 5.74) is -0.0693. The van der Waals surface area contributed by atoms with Crippen molar-refractivity contribution in [1.82, 2.24) is 5.32 Å². The number of carbonyl (C=O) groups excluding carboxylic acids is 1. The highest BCUT2D eigenvalue weighted by molar-refractivity contribution is 7.89. The molecule has 2 amide bonds. The molecule has 5 N–H and O–H groups in total. The van der Waals surface area contributed by atoms with Crippen molar-refractivity contribution in [2.45, 2.75) is 43.5 Å². The van der Waals surface area contributed by atoms with Crippen molar-refractivity contribution < 1.29 is 18.3 Å². The molecule has 0 bridgehead atoms. The van der Waals surface area contributed by atoms with E-state index in [1.54, 1.807) is 0 Å². The van der Waals surface area contributed by atoms with Gasteiger partial charge in [-0.15, -0.1) is 0 Å². The van der Waals surface area contributed by atoms with Crippen molar-refractivity contribution in [3.8, 4) is 5.75 Å². The minimum Gasteiger partial charge on any atom is -0.504 e. The molecule has 1 aromatic carbocycles. The zero-order chi connectivity index (χ0) is 17.2. The Morgan fingerprint density at radius 1 is 1.30 bits per heavy atom. The van der Waals surface area contributed by atoms with Gasteiger partial charge in [-0.05, 0) is 43.7 Å². The summed E-state index contributed by atoms with van der Waals surface area (Å²) in [5, 5.41) is 20.1. The molecule has 0 unspecified atom stereocenters. The highest BCUT2D eigenvalue weighted by Crippen LogP contribution is 2.36. The lowest BCUT2D eigenvalue weighted by molar-refractivity contribution is 0.239. The number of phenolic OH excluding ortho intramolecular Hbond substituents is 1. The van der Waals surface area contributed by atoms with Gasteiger partial charge in [0.05, 0.1) is 10.7 Å². The molecule has 1 aromatic rings. The van der Waals surface area contributed by atoms with Gasteiger partial charge in [0, 0.05) is 6.04 Å². The van der Waals surface area contributed by atoms with Crippen LogP contribution in [0.4, 0.5) is 10.5 Å². The average molecular weight is 362 g/mol. The predicted molar refractivity (Wildman–Crippen MR) is 88.1 cm³/mol. The van der Waals surface area contributed by atoms with E-state index >= 15 is 0 Å². The van der Waals surface area contributed by atoms with Gasteiger partial charge >= 0.3 is 6.03 Å². The lowest BCUT2D eigenvalue weighted by atomic mass is 9.87. The van der Waals surface area contributed by atoms with Gasteiger partial charge in [-0.1, -0.05) is 18.5 Å². The molecular formula is C14H20ClN3O4S. The Morgan fingerprint density at radius 3 is 2.48 bits per heavy atom. The number of benzene rings is 1. The summed E-state index contributed by atoms with van der Waals surface area (Å²) in [6, 6.07) is 2.12. The summed E-state index contributed by atoms with van der Waals surface area (Å²) >= 11 is 5.74. The molecule has 0 aromatic heterocycles. The molecular weight excluding hydrogens is 342 g/mol. The van der Waals surface area contributed by atoms with Crippen LogP contribution in [0.2, 0.25) is 5.02 Å². The Morgan fingerprint density at radius 2 is 1.91 bits per heavy atom. The Bertz CT molecular complexity index is 700. The number of amides is 2. The number of primary sulfonamides is 1. The van der Waals surface area contributed by atoms with Crippen molar-refractivity contribution in [2.24, 2.45) is 11.1 Å². The molecule has 128 valence electrons. The molecule has 1 fully saturated rings. The molecule has 2 rings (SSSR count). The quantitative estimate of drug-likeness (QED) is 0.617. The lowest BCUT2D eigenvalue weighted by Crippen LogP contribution is -2.40. The number of phenols is 1. The number of nitrogens with one attached hydrogen (secondary N) is 2. The Labute approximate surface area is 140 Å². The third-order valence-corrected chi connectivity index (χ3v) is 5.38. The highest BCUT2D eigenvalue weighted by atomic mass is 35.5. The first-order valence-corrected chi connectivity index (χ1v) is 9.22. The number of halogens is 1. The molecule has 0 atom stereocenters. The number of sulfonamides is 1. The first-order chi connectivity index (χ1) is 10.7. The maximum atomic E-state index is 12.0. The van der Waals surface area contributed by atoms with Crippen LogP contribution in [-0.4, -0.2) is 25.6 Å². The van der Waals surface area contributed by atoms with Gasteiger partial charge in [0.15, 0.2) is 5.75 Å². The van der Waals surface area contributed by atoms with Gasteiger partial charge in [-0.25, -0.2) is 18.4 Å². The summed E-state index contributed by atoms with van der Waals surface area (Å²) in [6.07, 6.45) is 3.88. The molecule has 0 aliphatic heterocycles. The van der Waals surface area contributed by atoms with Gasteiger partial charge in [0.2, 0.25) is 10.0 Å². The highest BCUT2D eigenvalue weighted by Gasteiger charge is 2.23. The molecule has 7 nitrogen and oxygen atoms in total. The molecule has 9 heteroatoms. The maximum absolute atomic E-state index is 12.0. The van der Waals surface area contributed by atoms with Crippen molar-refractivity contribution in [2.75, 3.05) is 5.32 Å². The van der Waals surface area contributed by atoms with E-state index in [0.717, 1.165) is 25.7 Å². The van der Waals surface area contributed by atoms with Crippen LogP contribution in [0.25, 0.3) is 0 Å². The third kappa shape index (κ3) is 4.49. The van der Waals surface area contributed by atoms with Gasteiger partial charge in [-0.2, -0.15) is 0 Å². The predicted octanol–water partition coefficient (Wildman–Crippen LogP) is 2.39. The van der Waals surface area contributed by atoms with E-state index in [1.807, 2.05) is 0 Å². The first-order valence-electron chi connectivity index (χ1n) is 7.30. The van der Waals surface area contributed by atoms with Crippen LogP contribution in [-0.2, 0) is 10.0 Å². The van der Waals surface area contributed by atoms with Crippen LogP contribution in [0, 0.1) is 5.92 Å². The molecule has 0 heterocycles. The van der Waals surface area contributed by atoms with Gasteiger partial charge in [-0.3, -0.25) is 0 Å². The maximum Gasteiger partial charge on any atom is 0.319 e. The van der Waals surface area contributed by atoms with Crippen LogP contribution >= 0.6 is 11.6 Å². The normalized spacial score (nSPS) is 21.7. The number of nitrogens with two attached hydrogens (primary N) is 1.